The molecule has 1 atom stereocenters. The van der Waals surface area contributed by atoms with E-state index in [0.717, 1.165) is 32.0 Å². The van der Waals surface area contributed by atoms with Gasteiger partial charge in [0, 0.05) is 30.3 Å². The number of aromatic nitrogens is 3. The van der Waals surface area contributed by atoms with Gasteiger partial charge in [-0.05, 0) is 57.9 Å². The van der Waals surface area contributed by atoms with E-state index in [1.165, 1.54) is 13.2 Å². The normalized spacial score (nSPS) is 22.3. The van der Waals surface area contributed by atoms with E-state index < -0.39 is 17.9 Å². The van der Waals surface area contributed by atoms with Crippen LogP contribution >= 0.6 is 0 Å². The fourth-order valence-corrected chi connectivity index (χ4v) is 4.53. The highest BCUT2D eigenvalue weighted by Crippen LogP contribution is 2.37. The van der Waals surface area contributed by atoms with Crippen LogP contribution < -0.4 is 10.1 Å². The second-order valence-corrected chi connectivity index (χ2v) is 9.09. The molecule has 4 rings (SSSR count). The first-order valence-corrected chi connectivity index (χ1v) is 12.0. The lowest BCUT2D eigenvalue weighted by atomic mass is 9.86. The zero-order chi connectivity index (χ0) is 26.3. The van der Waals surface area contributed by atoms with Gasteiger partial charge in [0.15, 0.2) is 5.82 Å². The summed E-state index contributed by atoms with van der Waals surface area (Å²) in [6.07, 6.45) is 1.86. The van der Waals surface area contributed by atoms with Gasteiger partial charge in [-0.2, -0.15) is 18.3 Å². The smallest absolute Gasteiger partial charge is 0.391 e. The van der Waals surface area contributed by atoms with E-state index in [1.54, 1.807) is 6.07 Å². The summed E-state index contributed by atoms with van der Waals surface area (Å²) in [7, 11) is 1.46. The van der Waals surface area contributed by atoms with Crippen LogP contribution in [0.5, 0.6) is 5.88 Å². The average molecular weight is 514 g/mol. The molecule has 0 spiro atoms. The molecule has 1 saturated carbocycles. The minimum absolute atomic E-state index is 0.0592. The molecule has 2 aliphatic rings. The number of alkyl halides is 3. The van der Waals surface area contributed by atoms with E-state index in [0.29, 0.717) is 36.5 Å². The summed E-state index contributed by atoms with van der Waals surface area (Å²) in [5.41, 5.74) is 0.971. The number of halogens is 4. The van der Waals surface area contributed by atoms with Crippen LogP contribution in [-0.2, 0) is 4.79 Å². The van der Waals surface area contributed by atoms with E-state index >= 15 is 0 Å². The molecule has 12 heteroatoms. The summed E-state index contributed by atoms with van der Waals surface area (Å²) in [4.78, 5) is 28.2. The monoisotopic (exact) mass is 513 g/mol. The summed E-state index contributed by atoms with van der Waals surface area (Å²) in [5, 5.41) is 9.29. The highest BCUT2D eigenvalue weighted by atomic mass is 19.4. The summed E-state index contributed by atoms with van der Waals surface area (Å²) < 4.78 is 55.4. The first kappa shape index (κ1) is 27.4. The van der Waals surface area contributed by atoms with E-state index in [9.17, 15) is 27.2 Å². The maximum atomic E-state index is 14.0. The van der Waals surface area contributed by atoms with Crippen molar-refractivity contribution >= 4 is 12.3 Å². The van der Waals surface area contributed by atoms with Crippen LogP contribution in [0.15, 0.2) is 18.3 Å². The molecule has 2 fully saturated rings. The van der Waals surface area contributed by atoms with Gasteiger partial charge in [0.25, 0.3) is 5.91 Å². The first-order valence-electron chi connectivity index (χ1n) is 12.0. The number of carbonyl (C=O) groups is 2. The molecule has 198 valence electrons. The lowest BCUT2D eigenvalue weighted by Crippen LogP contribution is -2.42. The largest absolute Gasteiger partial charge is 0.481 e. The number of rotatable bonds is 5. The van der Waals surface area contributed by atoms with Crippen LogP contribution in [0.4, 0.5) is 17.6 Å². The van der Waals surface area contributed by atoms with E-state index in [2.05, 4.69) is 20.5 Å². The molecule has 2 aromatic rings. The Morgan fingerprint density at radius 2 is 1.92 bits per heavy atom. The number of nitrogens with zero attached hydrogens (tertiary/aromatic N) is 3. The fraction of sp³-hybridized carbons (Fsp3) is 0.583. The predicted molar refractivity (Wildman–Crippen MR) is 124 cm³/mol. The fourth-order valence-electron chi connectivity index (χ4n) is 4.53. The Morgan fingerprint density at radius 1 is 1.19 bits per heavy atom. The van der Waals surface area contributed by atoms with E-state index in [-0.39, 0.29) is 36.4 Å². The Kier molecular flexibility index (Phi) is 9.27. The highest BCUT2D eigenvalue weighted by molar-refractivity contribution is 5.93. The molecule has 0 radical (unpaired) electrons. The van der Waals surface area contributed by atoms with Crippen LogP contribution in [0.2, 0.25) is 0 Å². The number of hydrogen-bond donors (Lipinski definition) is 2. The second-order valence-electron chi connectivity index (χ2n) is 9.09. The highest BCUT2D eigenvalue weighted by Gasteiger charge is 2.41. The number of piperidine rings is 1. The van der Waals surface area contributed by atoms with Gasteiger partial charge in [-0.25, -0.2) is 9.37 Å². The van der Waals surface area contributed by atoms with Crippen molar-refractivity contribution in [1.29, 1.82) is 0 Å². The first-order chi connectivity index (χ1) is 17.1. The standard InChI is InChI=1S/C16H19FN4O2.C8H12F3NO/c1-10-5-3-4-6-21(10)16(22)14-8-13(19-20-14)11-7-15(23-2)18-9-12(11)17;9-8(10,11)6-1-3-7(4-2-6)12-5-13/h7-10H,3-6H2,1-2H3,(H,19,20);5-7H,1-4H2,(H,12,13). The van der Waals surface area contributed by atoms with Crippen molar-refractivity contribution in [3.63, 3.8) is 0 Å². The molecule has 1 aliphatic carbocycles. The zero-order valence-corrected chi connectivity index (χ0v) is 20.3. The van der Waals surface area contributed by atoms with Crippen molar-refractivity contribution in [1.82, 2.24) is 25.4 Å². The zero-order valence-electron chi connectivity index (χ0n) is 20.3. The van der Waals surface area contributed by atoms with Crippen LogP contribution in [0, 0.1) is 11.7 Å². The van der Waals surface area contributed by atoms with Crippen LogP contribution in [-0.4, -0.2) is 64.3 Å². The number of aromatic amines is 1. The Hall–Kier alpha value is -3.18. The lowest BCUT2D eigenvalue weighted by Gasteiger charge is -2.32. The number of hydrogen-bond acceptors (Lipinski definition) is 5. The molecule has 3 heterocycles. The van der Waals surface area contributed by atoms with Crippen molar-refractivity contribution in [2.45, 2.75) is 70.1 Å². The molecular weight excluding hydrogens is 482 g/mol. The third-order valence-electron chi connectivity index (χ3n) is 6.68. The minimum atomic E-state index is -4.06. The van der Waals surface area contributed by atoms with Gasteiger partial charge in [0.05, 0.1) is 24.9 Å². The third kappa shape index (κ3) is 6.94. The molecule has 0 bridgehead atoms. The molecule has 2 N–H and O–H groups in total. The summed E-state index contributed by atoms with van der Waals surface area (Å²) in [6, 6.07) is 3.18. The van der Waals surface area contributed by atoms with Crippen LogP contribution in [0.1, 0.15) is 62.4 Å². The number of methoxy groups -OCH3 is 1. The molecule has 1 aliphatic heterocycles. The maximum Gasteiger partial charge on any atom is 0.391 e. The van der Waals surface area contributed by atoms with Gasteiger partial charge in [0.2, 0.25) is 12.3 Å². The molecule has 1 saturated heterocycles. The predicted octanol–water partition coefficient (Wildman–Crippen LogP) is 4.49. The molecule has 2 aromatic heterocycles. The van der Waals surface area contributed by atoms with Crippen molar-refractivity contribution in [3.05, 3.63) is 29.8 Å². The van der Waals surface area contributed by atoms with Gasteiger partial charge < -0.3 is 15.0 Å². The van der Waals surface area contributed by atoms with Crippen molar-refractivity contribution in [2.75, 3.05) is 13.7 Å². The maximum absolute atomic E-state index is 14.0. The molecule has 0 aromatic carbocycles. The Bertz CT molecular complexity index is 1020. The van der Waals surface area contributed by atoms with Gasteiger partial charge in [-0.1, -0.05) is 0 Å². The minimum Gasteiger partial charge on any atom is -0.481 e. The van der Waals surface area contributed by atoms with E-state index in [1.807, 2.05) is 11.8 Å². The van der Waals surface area contributed by atoms with Crippen LogP contribution in [0.3, 0.4) is 0 Å². The SMILES string of the molecule is COc1cc(-c2cc(C(=O)N3CCCCC3C)[nH]n2)c(F)cn1.O=CNC1CCC(C(F)(F)F)CC1. The Labute approximate surface area is 206 Å². The molecule has 8 nitrogen and oxygen atoms in total. The Morgan fingerprint density at radius 3 is 2.53 bits per heavy atom. The van der Waals surface area contributed by atoms with E-state index in [4.69, 9.17) is 4.74 Å². The molecular formula is C24H31F4N5O3. The third-order valence-corrected chi connectivity index (χ3v) is 6.68. The molecule has 1 unspecified atom stereocenters. The number of likely N-dealkylation sites (tertiary alicyclic amines) is 1. The lowest BCUT2D eigenvalue weighted by molar-refractivity contribution is -0.182. The number of pyridine rings is 1. The number of nitrogens with one attached hydrogen (secondary N) is 2. The van der Waals surface area contributed by atoms with Crippen molar-refractivity contribution in [2.24, 2.45) is 5.92 Å². The van der Waals surface area contributed by atoms with Gasteiger partial charge in [-0.3, -0.25) is 14.7 Å². The average Bonchev–Trinajstić information content (AvgIpc) is 3.35. The second kappa shape index (κ2) is 12.2. The van der Waals surface area contributed by atoms with Crippen LogP contribution in [0.25, 0.3) is 11.3 Å². The molecule has 36 heavy (non-hydrogen) atoms. The summed E-state index contributed by atoms with van der Waals surface area (Å²) in [6.45, 7) is 2.79. The topological polar surface area (TPSA) is 100 Å². The van der Waals surface area contributed by atoms with Gasteiger partial charge >= 0.3 is 6.18 Å². The number of amides is 2. The summed E-state index contributed by atoms with van der Waals surface area (Å²) >= 11 is 0. The summed E-state index contributed by atoms with van der Waals surface area (Å²) in [5.74, 6) is -1.49. The Balaban J connectivity index is 0.000000236. The van der Waals surface area contributed by atoms with Gasteiger partial charge in [-0.15, -0.1) is 0 Å². The number of carbonyl (C=O) groups excluding carboxylic acids is 2. The van der Waals surface area contributed by atoms with Gasteiger partial charge in [0.1, 0.15) is 5.69 Å². The number of H-pyrrole nitrogens is 1. The quantitative estimate of drug-likeness (QED) is 0.454. The van der Waals surface area contributed by atoms with Crippen molar-refractivity contribution < 1.29 is 31.9 Å². The van der Waals surface area contributed by atoms with Crippen molar-refractivity contribution in [3.8, 4) is 17.1 Å². The molecule has 2 amide bonds. The number of ether oxygens (including phenoxy) is 1.